The first-order valence-corrected chi connectivity index (χ1v) is 5.95. The van der Waals surface area contributed by atoms with E-state index in [0.717, 1.165) is 5.01 Å². The second-order valence-electron chi connectivity index (χ2n) is 4.45. The minimum Gasteiger partial charge on any atom is -0.469 e. The summed E-state index contributed by atoms with van der Waals surface area (Å²) in [5.74, 6) is -6.60. The normalized spacial score (nSPS) is 18.0. The molecule has 2 rings (SSSR count). The molecule has 1 heterocycles. The van der Waals surface area contributed by atoms with E-state index < -0.39 is 35.2 Å². The van der Waals surface area contributed by atoms with Gasteiger partial charge in [0.05, 0.1) is 25.1 Å². The van der Waals surface area contributed by atoms with Crippen LogP contribution in [-0.4, -0.2) is 24.7 Å². The molecule has 8 heteroatoms. The number of carbonyl (C=O) groups is 2. The van der Waals surface area contributed by atoms with E-state index >= 15 is 0 Å². The summed E-state index contributed by atoms with van der Waals surface area (Å²) in [6.07, 6.45) is -0.229. The van der Waals surface area contributed by atoms with Crippen LogP contribution in [0, 0.1) is 23.4 Å². The quantitative estimate of drug-likeness (QED) is 0.634. The van der Waals surface area contributed by atoms with Crippen molar-refractivity contribution in [1.82, 2.24) is 0 Å². The molecule has 1 aliphatic heterocycles. The number of hydrazone groups is 1. The van der Waals surface area contributed by atoms with Crippen molar-refractivity contribution in [3.63, 3.8) is 0 Å². The number of benzene rings is 1. The molecule has 1 aliphatic rings. The molecular formula is C13H11F3N2O3. The van der Waals surface area contributed by atoms with Gasteiger partial charge in [-0.1, -0.05) is 0 Å². The maximum atomic E-state index is 13.2. The largest absolute Gasteiger partial charge is 0.469 e. The molecule has 112 valence electrons. The fraction of sp³-hybridized carbons (Fsp3) is 0.308. The van der Waals surface area contributed by atoms with Crippen molar-refractivity contribution in [1.29, 1.82) is 0 Å². The van der Waals surface area contributed by atoms with E-state index in [1.807, 2.05) is 0 Å². The molecule has 1 aromatic rings. The molecule has 1 amide bonds. The average molecular weight is 300 g/mol. The highest BCUT2D eigenvalue weighted by Crippen LogP contribution is 2.28. The summed E-state index contributed by atoms with van der Waals surface area (Å²) < 4.78 is 43.8. The molecule has 1 atom stereocenters. The minimum absolute atomic E-state index is 0.229. The molecule has 1 aromatic carbocycles. The highest BCUT2D eigenvalue weighted by atomic mass is 19.2. The van der Waals surface area contributed by atoms with Crippen LogP contribution in [0.1, 0.15) is 13.3 Å². The van der Waals surface area contributed by atoms with Crippen molar-refractivity contribution in [3.05, 3.63) is 29.6 Å². The predicted molar refractivity (Wildman–Crippen MR) is 67.0 cm³/mol. The number of esters is 1. The standard InChI is InChI=1S/C13H11F3N2O3/c1-6-8(5-11(19)21-2)13(20)18(17-6)7-3-9(14)12(16)10(15)4-7/h3-4,8H,5H2,1-2H3. The summed E-state index contributed by atoms with van der Waals surface area (Å²) in [6.45, 7) is 1.50. The Labute approximate surface area is 118 Å². The van der Waals surface area contributed by atoms with E-state index in [1.54, 1.807) is 0 Å². The van der Waals surface area contributed by atoms with Gasteiger partial charge in [0.2, 0.25) is 0 Å². The summed E-state index contributed by atoms with van der Waals surface area (Å²) in [7, 11) is 1.18. The van der Waals surface area contributed by atoms with E-state index in [0.29, 0.717) is 17.8 Å². The Morgan fingerprint density at radius 2 is 1.90 bits per heavy atom. The van der Waals surface area contributed by atoms with Crippen LogP contribution in [0.2, 0.25) is 0 Å². The van der Waals surface area contributed by atoms with Gasteiger partial charge in [0.15, 0.2) is 17.5 Å². The summed E-state index contributed by atoms with van der Waals surface area (Å²) in [5.41, 5.74) is 0.0543. The fourth-order valence-corrected chi connectivity index (χ4v) is 1.94. The van der Waals surface area contributed by atoms with Gasteiger partial charge in [-0.2, -0.15) is 5.10 Å². The number of ether oxygens (including phenoxy) is 1. The van der Waals surface area contributed by atoms with Crippen molar-refractivity contribution in [3.8, 4) is 0 Å². The lowest BCUT2D eigenvalue weighted by molar-refractivity contribution is -0.142. The number of anilines is 1. The van der Waals surface area contributed by atoms with Gasteiger partial charge in [0.1, 0.15) is 0 Å². The SMILES string of the molecule is COC(=O)CC1C(=O)N(c2cc(F)c(F)c(F)c2)N=C1C. The topological polar surface area (TPSA) is 59.0 Å². The first-order chi connectivity index (χ1) is 9.85. The second kappa shape index (κ2) is 5.55. The third-order valence-corrected chi connectivity index (χ3v) is 3.08. The van der Waals surface area contributed by atoms with Crippen LogP contribution in [0.15, 0.2) is 17.2 Å². The zero-order chi connectivity index (χ0) is 15.7. The highest BCUT2D eigenvalue weighted by molar-refractivity contribution is 6.16. The van der Waals surface area contributed by atoms with Crippen molar-refractivity contribution in [2.75, 3.05) is 12.1 Å². The smallest absolute Gasteiger partial charge is 0.306 e. The lowest BCUT2D eigenvalue weighted by Gasteiger charge is -2.14. The molecule has 0 radical (unpaired) electrons. The molecule has 0 saturated carbocycles. The molecule has 0 aromatic heterocycles. The van der Waals surface area contributed by atoms with Crippen molar-refractivity contribution < 1.29 is 27.5 Å². The number of halogens is 3. The third kappa shape index (κ3) is 2.74. The summed E-state index contributed by atoms with van der Waals surface area (Å²) >= 11 is 0. The van der Waals surface area contributed by atoms with Crippen LogP contribution in [0.4, 0.5) is 18.9 Å². The Balaban J connectivity index is 2.31. The second-order valence-corrected chi connectivity index (χ2v) is 4.45. The van der Waals surface area contributed by atoms with Gasteiger partial charge in [0, 0.05) is 17.8 Å². The van der Waals surface area contributed by atoms with Gasteiger partial charge >= 0.3 is 5.97 Å². The molecule has 0 bridgehead atoms. The van der Waals surface area contributed by atoms with Crippen LogP contribution < -0.4 is 5.01 Å². The zero-order valence-electron chi connectivity index (χ0n) is 11.2. The fourth-order valence-electron chi connectivity index (χ4n) is 1.94. The summed E-state index contributed by atoms with van der Waals surface area (Å²) in [4.78, 5) is 23.4. The third-order valence-electron chi connectivity index (χ3n) is 3.08. The van der Waals surface area contributed by atoms with Crippen molar-refractivity contribution in [2.45, 2.75) is 13.3 Å². The van der Waals surface area contributed by atoms with Crippen LogP contribution in [-0.2, 0) is 14.3 Å². The molecule has 0 fully saturated rings. The first kappa shape index (κ1) is 15.0. The number of rotatable bonds is 3. The van der Waals surface area contributed by atoms with Crippen molar-refractivity contribution >= 4 is 23.3 Å². The van der Waals surface area contributed by atoms with Gasteiger partial charge in [-0.3, -0.25) is 9.59 Å². The van der Waals surface area contributed by atoms with E-state index in [2.05, 4.69) is 9.84 Å². The van der Waals surface area contributed by atoms with Crippen LogP contribution >= 0.6 is 0 Å². The Hall–Kier alpha value is -2.38. The lowest BCUT2D eigenvalue weighted by Crippen LogP contribution is -2.29. The number of amides is 1. The van der Waals surface area contributed by atoms with E-state index in [9.17, 15) is 22.8 Å². The van der Waals surface area contributed by atoms with Gasteiger partial charge in [-0.15, -0.1) is 0 Å². The molecule has 21 heavy (non-hydrogen) atoms. The van der Waals surface area contributed by atoms with E-state index in [1.165, 1.54) is 14.0 Å². The maximum Gasteiger partial charge on any atom is 0.306 e. The lowest BCUT2D eigenvalue weighted by atomic mass is 10.0. The minimum atomic E-state index is -1.63. The van der Waals surface area contributed by atoms with Crippen LogP contribution in [0.3, 0.4) is 0 Å². The zero-order valence-corrected chi connectivity index (χ0v) is 11.2. The average Bonchev–Trinajstić information content (AvgIpc) is 2.72. The first-order valence-electron chi connectivity index (χ1n) is 5.95. The number of hydrogen-bond donors (Lipinski definition) is 0. The van der Waals surface area contributed by atoms with Crippen LogP contribution in [0.25, 0.3) is 0 Å². The molecule has 0 aliphatic carbocycles. The van der Waals surface area contributed by atoms with Crippen molar-refractivity contribution in [2.24, 2.45) is 11.0 Å². The molecule has 5 nitrogen and oxygen atoms in total. The maximum absolute atomic E-state index is 13.2. The summed E-state index contributed by atoms with van der Waals surface area (Å²) in [6, 6.07) is 1.32. The molecule has 0 N–H and O–H groups in total. The van der Waals surface area contributed by atoms with Crippen LogP contribution in [0.5, 0.6) is 0 Å². The Bertz CT molecular complexity index is 623. The van der Waals surface area contributed by atoms with E-state index in [-0.39, 0.29) is 12.1 Å². The van der Waals surface area contributed by atoms with Gasteiger partial charge in [-0.25, -0.2) is 18.2 Å². The Kier molecular flexibility index (Phi) is 3.97. The van der Waals surface area contributed by atoms with Gasteiger partial charge < -0.3 is 4.74 Å². The monoisotopic (exact) mass is 300 g/mol. The molecule has 0 spiro atoms. The van der Waals surface area contributed by atoms with Gasteiger partial charge in [-0.05, 0) is 6.92 Å². The highest BCUT2D eigenvalue weighted by Gasteiger charge is 2.36. The molecular weight excluding hydrogens is 289 g/mol. The van der Waals surface area contributed by atoms with E-state index in [4.69, 9.17) is 0 Å². The molecule has 1 unspecified atom stereocenters. The molecule has 0 saturated heterocycles. The number of carbonyl (C=O) groups excluding carboxylic acids is 2. The Morgan fingerprint density at radius 3 is 2.43 bits per heavy atom. The predicted octanol–water partition coefficient (Wildman–Crippen LogP) is 2.01. The number of nitrogens with zero attached hydrogens (tertiary/aromatic N) is 2. The Morgan fingerprint density at radius 1 is 1.33 bits per heavy atom. The summed E-state index contributed by atoms with van der Waals surface area (Å²) in [5, 5.41) is 4.60. The number of methoxy groups -OCH3 is 1. The van der Waals surface area contributed by atoms with Gasteiger partial charge in [0.25, 0.3) is 5.91 Å². The number of hydrogen-bond acceptors (Lipinski definition) is 4.